The third-order valence-corrected chi connectivity index (χ3v) is 3.73. The Kier molecular flexibility index (Phi) is 5.05. The molecule has 1 heterocycles. The quantitative estimate of drug-likeness (QED) is 0.685. The van der Waals surface area contributed by atoms with Crippen molar-refractivity contribution in [3.8, 4) is 0 Å². The second kappa shape index (κ2) is 6.12. The Balaban J connectivity index is 2.61. The molecule has 1 aromatic rings. The van der Waals surface area contributed by atoms with E-state index in [2.05, 4.69) is 14.4 Å². The van der Waals surface area contributed by atoms with Crippen LogP contribution in [0.2, 0.25) is 0 Å². The number of hydrogen-bond acceptors (Lipinski definition) is 5. The van der Waals surface area contributed by atoms with Gasteiger partial charge in [-0.2, -0.15) is 13.1 Å². The number of anilines is 1. The van der Waals surface area contributed by atoms with E-state index in [1.54, 1.807) is 0 Å². The van der Waals surface area contributed by atoms with Crippen molar-refractivity contribution >= 4 is 32.6 Å². The standard InChI is InChI=1S/C9H15N3O4S2/c1-6(2)4-10-18(15,16)12-9-11-7(5-17-9)3-8(13)14/h5-6,10H,3-4H2,1-2H3,(H,11,12)(H,13,14). The fraction of sp³-hybridized carbons (Fsp3) is 0.556. The maximum Gasteiger partial charge on any atom is 0.309 e. The van der Waals surface area contributed by atoms with Crippen LogP contribution in [0.15, 0.2) is 5.38 Å². The van der Waals surface area contributed by atoms with Crippen LogP contribution in [0.4, 0.5) is 5.13 Å². The molecule has 0 aliphatic carbocycles. The first-order valence-electron chi connectivity index (χ1n) is 5.22. The van der Waals surface area contributed by atoms with Gasteiger partial charge in [-0.05, 0) is 5.92 Å². The Morgan fingerprint density at radius 3 is 2.78 bits per heavy atom. The summed E-state index contributed by atoms with van der Waals surface area (Å²) in [5.74, 6) is -0.812. The maximum atomic E-state index is 11.6. The van der Waals surface area contributed by atoms with E-state index in [0.29, 0.717) is 12.2 Å². The number of nitrogens with zero attached hydrogens (tertiary/aromatic N) is 1. The summed E-state index contributed by atoms with van der Waals surface area (Å²) >= 11 is 1.05. The molecule has 9 heteroatoms. The Morgan fingerprint density at radius 1 is 1.56 bits per heavy atom. The van der Waals surface area contributed by atoms with Crippen LogP contribution in [0, 0.1) is 5.92 Å². The number of aliphatic carboxylic acids is 1. The molecule has 7 nitrogen and oxygen atoms in total. The molecule has 0 bridgehead atoms. The molecule has 102 valence electrons. The van der Waals surface area contributed by atoms with Crippen molar-refractivity contribution in [2.24, 2.45) is 5.92 Å². The van der Waals surface area contributed by atoms with Gasteiger partial charge in [-0.25, -0.2) is 9.71 Å². The van der Waals surface area contributed by atoms with Gasteiger partial charge in [-0.3, -0.25) is 4.79 Å². The lowest BCUT2D eigenvalue weighted by Gasteiger charge is -2.08. The summed E-state index contributed by atoms with van der Waals surface area (Å²) in [5, 5.41) is 10.2. The molecular formula is C9H15N3O4S2. The molecule has 18 heavy (non-hydrogen) atoms. The van der Waals surface area contributed by atoms with Crippen molar-refractivity contribution in [2.75, 3.05) is 11.3 Å². The molecule has 0 radical (unpaired) electrons. The van der Waals surface area contributed by atoms with E-state index in [-0.39, 0.29) is 17.5 Å². The average molecular weight is 293 g/mol. The zero-order valence-electron chi connectivity index (χ0n) is 10.0. The van der Waals surface area contributed by atoms with E-state index < -0.39 is 16.2 Å². The van der Waals surface area contributed by atoms with Gasteiger partial charge < -0.3 is 5.11 Å². The third-order valence-electron chi connectivity index (χ3n) is 1.79. The molecule has 0 saturated carbocycles. The topological polar surface area (TPSA) is 108 Å². The molecule has 1 rings (SSSR count). The lowest BCUT2D eigenvalue weighted by molar-refractivity contribution is -0.136. The monoisotopic (exact) mass is 293 g/mol. The molecule has 0 aliphatic heterocycles. The van der Waals surface area contributed by atoms with Crippen LogP contribution in [-0.4, -0.2) is 31.0 Å². The predicted molar refractivity (Wildman–Crippen MR) is 68.8 cm³/mol. The molecule has 0 unspecified atom stereocenters. The Bertz CT molecular complexity index is 510. The van der Waals surface area contributed by atoms with Crippen LogP contribution in [0.25, 0.3) is 0 Å². The fourth-order valence-electron chi connectivity index (χ4n) is 1.02. The van der Waals surface area contributed by atoms with Crippen LogP contribution in [0.1, 0.15) is 19.5 Å². The van der Waals surface area contributed by atoms with Crippen LogP contribution in [0.3, 0.4) is 0 Å². The highest BCUT2D eigenvalue weighted by atomic mass is 32.2. The van der Waals surface area contributed by atoms with Crippen molar-refractivity contribution < 1.29 is 18.3 Å². The van der Waals surface area contributed by atoms with Gasteiger partial charge in [-0.1, -0.05) is 13.8 Å². The van der Waals surface area contributed by atoms with Gasteiger partial charge in [0.1, 0.15) is 0 Å². The highest BCUT2D eigenvalue weighted by Gasteiger charge is 2.13. The van der Waals surface area contributed by atoms with Crippen molar-refractivity contribution in [2.45, 2.75) is 20.3 Å². The van der Waals surface area contributed by atoms with E-state index in [9.17, 15) is 13.2 Å². The number of carbonyl (C=O) groups is 1. The smallest absolute Gasteiger partial charge is 0.309 e. The molecule has 0 aromatic carbocycles. The third kappa shape index (κ3) is 5.43. The first-order chi connectivity index (χ1) is 8.28. The predicted octanol–water partition coefficient (Wildman–Crippen LogP) is 0.673. The summed E-state index contributed by atoms with van der Waals surface area (Å²) in [7, 11) is -3.64. The van der Waals surface area contributed by atoms with Gasteiger partial charge in [0.25, 0.3) is 0 Å². The van der Waals surface area contributed by atoms with Gasteiger partial charge in [0.2, 0.25) is 0 Å². The van der Waals surface area contributed by atoms with Crippen molar-refractivity contribution in [1.82, 2.24) is 9.71 Å². The van der Waals surface area contributed by atoms with Crippen molar-refractivity contribution in [1.29, 1.82) is 0 Å². The van der Waals surface area contributed by atoms with Gasteiger partial charge in [0.05, 0.1) is 12.1 Å². The summed E-state index contributed by atoms with van der Waals surface area (Å²) in [6.07, 6.45) is -0.225. The van der Waals surface area contributed by atoms with Crippen LogP contribution in [-0.2, 0) is 21.4 Å². The molecular weight excluding hydrogens is 278 g/mol. The normalized spacial score (nSPS) is 11.7. The molecule has 0 saturated heterocycles. The van der Waals surface area contributed by atoms with Gasteiger partial charge >= 0.3 is 16.2 Å². The van der Waals surface area contributed by atoms with Gasteiger partial charge in [0.15, 0.2) is 5.13 Å². The first kappa shape index (κ1) is 14.9. The number of carboxylic acids is 1. The minimum absolute atomic E-state index is 0.155. The first-order valence-corrected chi connectivity index (χ1v) is 7.58. The summed E-state index contributed by atoms with van der Waals surface area (Å²) < 4.78 is 27.7. The number of aromatic nitrogens is 1. The number of nitrogens with one attached hydrogen (secondary N) is 2. The van der Waals surface area contributed by atoms with E-state index in [1.165, 1.54) is 5.38 Å². The lowest BCUT2D eigenvalue weighted by atomic mass is 10.2. The minimum Gasteiger partial charge on any atom is -0.481 e. The average Bonchev–Trinajstić information content (AvgIpc) is 2.61. The molecule has 3 N–H and O–H groups in total. The van der Waals surface area contributed by atoms with Crippen LogP contribution in [0.5, 0.6) is 0 Å². The van der Waals surface area contributed by atoms with Crippen LogP contribution < -0.4 is 9.44 Å². The largest absolute Gasteiger partial charge is 0.481 e. The zero-order chi connectivity index (χ0) is 13.8. The minimum atomic E-state index is -3.64. The van der Waals surface area contributed by atoms with E-state index in [0.717, 1.165) is 11.3 Å². The highest BCUT2D eigenvalue weighted by molar-refractivity contribution is 7.91. The summed E-state index contributed by atoms with van der Waals surface area (Å²) in [4.78, 5) is 14.3. The Labute approximate surface area is 109 Å². The highest BCUT2D eigenvalue weighted by Crippen LogP contribution is 2.16. The second-order valence-corrected chi connectivity index (χ2v) is 6.42. The molecule has 1 aromatic heterocycles. The molecule has 0 amide bonds. The number of thiazole rings is 1. The summed E-state index contributed by atoms with van der Waals surface area (Å²) in [6.45, 7) is 4.09. The lowest BCUT2D eigenvalue weighted by Crippen LogP contribution is -2.32. The molecule has 0 atom stereocenters. The zero-order valence-corrected chi connectivity index (χ0v) is 11.6. The second-order valence-electron chi connectivity index (χ2n) is 4.06. The number of hydrogen-bond donors (Lipinski definition) is 3. The van der Waals surface area contributed by atoms with Gasteiger partial charge in [0, 0.05) is 11.9 Å². The summed E-state index contributed by atoms with van der Waals surface area (Å²) in [5.41, 5.74) is 0.328. The van der Waals surface area contributed by atoms with E-state index in [1.807, 2.05) is 13.8 Å². The Hall–Kier alpha value is -1.19. The summed E-state index contributed by atoms with van der Waals surface area (Å²) in [6, 6.07) is 0. The SMILES string of the molecule is CC(C)CNS(=O)(=O)Nc1nc(CC(=O)O)cs1. The number of carboxylic acid groups (broad SMARTS) is 1. The van der Waals surface area contributed by atoms with Gasteiger partial charge in [-0.15, -0.1) is 11.3 Å². The molecule has 0 aliphatic rings. The molecule has 0 spiro atoms. The molecule has 0 fully saturated rings. The number of rotatable bonds is 7. The maximum absolute atomic E-state index is 11.6. The van der Waals surface area contributed by atoms with Crippen LogP contribution >= 0.6 is 11.3 Å². The Morgan fingerprint density at radius 2 is 2.22 bits per heavy atom. The van der Waals surface area contributed by atoms with E-state index in [4.69, 9.17) is 5.11 Å². The van der Waals surface area contributed by atoms with Crippen molar-refractivity contribution in [3.05, 3.63) is 11.1 Å². The van der Waals surface area contributed by atoms with E-state index >= 15 is 0 Å². The van der Waals surface area contributed by atoms with Crippen molar-refractivity contribution in [3.63, 3.8) is 0 Å². The fourth-order valence-corrected chi connectivity index (χ4v) is 2.99.